The van der Waals surface area contributed by atoms with E-state index in [1.54, 1.807) is 0 Å². The summed E-state index contributed by atoms with van der Waals surface area (Å²) in [6.45, 7) is 10.4. The van der Waals surface area contributed by atoms with Gasteiger partial charge in [0.15, 0.2) is 0 Å². The molecule has 1 atom stereocenters. The Labute approximate surface area is 148 Å². The first-order valence-electron chi connectivity index (χ1n) is 8.55. The highest BCUT2D eigenvalue weighted by molar-refractivity contribution is 6.01. The number of carbonyl (C=O) groups excluding carboxylic acids is 2. The molecule has 0 aliphatic carbocycles. The van der Waals surface area contributed by atoms with Crippen LogP contribution < -0.4 is 0 Å². The molecule has 2 aromatic rings. The SMILES string of the molecule is C=CC(=O)N1C(=O)CC(C(C)(C)C)N1Cc1cccc2ccccc12. The Morgan fingerprint density at radius 2 is 1.88 bits per heavy atom. The van der Waals surface area contributed by atoms with E-state index in [1.807, 2.05) is 23.2 Å². The summed E-state index contributed by atoms with van der Waals surface area (Å²) in [5, 5.41) is 5.47. The van der Waals surface area contributed by atoms with Gasteiger partial charge in [-0.3, -0.25) is 9.59 Å². The molecular formula is C21H24N2O2. The van der Waals surface area contributed by atoms with Gasteiger partial charge in [-0.05, 0) is 27.8 Å². The first-order chi connectivity index (χ1) is 11.8. The van der Waals surface area contributed by atoms with Crippen molar-refractivity contribution in [3.63, 3.8) is 0 Å². The number of fused-ring (bicyclic) bond motifs is 1. The van der Waals surface area contributed by atoms with Gasteiger partial charge in [0.1, 0.15) is 0 Å². The summed E-state index contributed by atoms with van der Waals surface area (Å²) in [6.07, 6.45) is 1.55. The van der Waals surface area contributed by atoms with Gasteiger partial charge in [0.05, 0.1) is 0 Å². The number of benzene rings is 2. The number of hydrazine groups is 1. The van der Waals surface area contributed by atoms with Crippen LogP contribution in [0.5, 0.6) is 0 Å². The molecule has 4 nitrogen and oxygen atoms in total. The fourth-order valence-corrected chi connectivity index (χ4v) is 3.51. The van der Waals surface area contributed by atoms with Crippen LogP contribution in [0, 0.1) is 5.41 Å². The van der Waals surface area contributed by atoms with E-state index >= 15 is 0 Å². The Morgan fingerprint density at radius 3 is 2.56 bits per heavy atom. The highest BCUT2D eigenvalue weighted by atomic mass is 16.2. The van der Waals surface area contributed by atoms with Crippen molar-refractivity contribution in [3.05, 3.63) is 60.7 Å². The molecule has 0 spiro atoms. The van der Waals surface area contributed by atoms with Gasteiger partial charge in [-0.15, -0.1) is 0 Å². The molecule has 1 aliphatic heterocycles. The minimum atomic E-state index is -0.364. The summed E-state index contributed by atoms with van der Waals surface area (Å²) in [6, 6.07) is 14.3. The highest BCUT2D eigenvalue weighted by Crippen LogP contribution is 2.35. The Hall–Kier alpha value is -2.46. The lowest BCUT2D eigenvalue weighted by atomic mass is 9.85. The van der Waals surface area contributed by atoms with Crippen LogP contribution in [-0.2, 0) is 16.1 Å². The van der Waals surface area contributed by atoms with Crippen LogP contribution in [0.2, 0.25) is 0 Å². The quantitative estimate of drug-likeness (QED) is 0.798. The molecule has 3 rings (SSSR count). The lowest BCUT2D eigenvalue weighted by Gasteiger charge is -2.37. The van der Waals surface area contributed by atoms with Gasteiger partial charge in [-0.1, -0.05) is 69.8 Å². The molecule has 1 aliphatic rings. The molecule has 130 valence electrons. The third-order valence-electron chi connectivity index (χ3n) is 4.82. The third kappa shape index (κ3) is 3.22. The number of rotatable bonds is 3. The summed E-state index contributed by atoms with van der Waals surface area (Å²) < 4.78 is 0. The van der Waals surface area contributed by atoms with E-state index in [2.05, 4.69) is 51.6 Å². The number of hydrogen-bond acceptors (Lipinski definition) is 3. The van der Waals surface area contributed by atoms with E-state index in [4.69, 9.17) is 0 Å². The van der Waals surface area contributed by atoms with Gasteiger partial charge < -0.3 is 0 Å². The van der Waals surface area contributed by atoms with E-state index in [0.717, 1.165) is 16.3 Å². The fourth-order valence-electron chi connectivity index (χ4n) is 3.51. The predicted molar refractivity (Wildman–Crippen MR) is 99.4 cm³/mol. The second kappa shape index (κ2) is 6.45. The number of amides is 2. The smallest absolute Gasteiger partial charge is 0.267 e. The fraction of sp³-hybridized carbons (Fsp3) is 0.333. The van der Waals surface area contributed by atoms with Crippen LogP contribution in [0.15, 0.2) is 55.1 Å². The summed E-state index contributed by atoms with van der Waals surface area (Å²) in [5.74, 6) is -0.526. The monoisotopic (exact) mass is 336 g/mol. The molecule has 4 heteroatoms. The van der Waals surface area contributed by atoms with Crippen molar-refractivity contribution < 1.29 is 9.59 Å². The number of imide groups is 1. The molecule has 0 aromatic heterocycles. The van der Waals surface area contributed by atoms with Crippen molar-refractivity contribution in [1.82, 2.24) is 10.0 Å². The van der Waals surface area contributed by atoms with E-state index in [1.165, 1.54) is 11.1 Å². The first-order valence-corrected chi connectivity index (χ1v) is 8.55. The Morgan fingerprint density at radius 1 is 1.20 bits per heavy atom. The Bertz CT molecular complexity index is 830. The maximum Gasteiger partial charge on any atom is 0.267 e. The lowest BCUT2D eigenvalue weighted by molar-refractivity contribution is -0.156. The summed E-state index contributed by atoms with van der Waals surface area (Å²) in [5.41, 5.74) is 0.972. The predicted octanol–water partition coefficient (Wildman–Crippen LogP) is 3.92. The van der Waals surface area contributed by atoms with Crippen LogP contribution >= 0.6 is 0 Å². The molecule has 0 radical (unpaired) electrons. The molecule has 0 saturated carbocycles. The topological polar surface area (TPSA) is 40.6 Å². The van der Waals surface area contributed by atoms with Gasteiger partial charge in [0.25, 0.3) is 5.91 Å². The van der Waals surface area contributed by atoms with Crippen molar-refractivity contribution in [2.24, 2.45) is 5.41 Å². The van der Waals surface area contributed by atoms with Crippen molar-refractivity contribution in [2.75, 3.05) is 0 Å². The van der Waals surface area contributed by atoms with Gasteiger partial charge in [-0.25, -0.2) is 10.0 Å². The molecular weight excluding hydrogens is 312 g/mol. The Balaban J connectivity index is 2.04. The van der Waals surface area contributed by atoms with Crippen LogP contribution in [0.1, 0.15) is 32.8 Å². The minimum absolute atomic E-state index is 0.0390. The summed E-state index contributed by atoms with van der Waals surface area (Å²) in [7, 11) is 0. The van der Waals surface area contributed by atoms with Gasteiger partial charge in [0.2, 0.25) is 5.91 Å². The zero-order valence-electron chi connectivity index (χ0n) is 15.0. The number of nitrogens with zero attached hydrogens (tertiary/aromatic N) is 2. The van der Waals surface area contributed by atoms with Crippen LogP contribution in [0.3, 0.4) is 0 Å². The molecule has 0 bridgehead atoms. The van der Waals surface area contributed by atoms with Crippen LogP contribution in [0.25, 0.3) is 10.8 Å². The number of carbonyl (C=O) groups is 2. The minimum Gasteiger partial charge on any atom is -0.273 e. The zero-order valence-corrected chi connectivity index (χ0v) is 15.0. The highest BCUT2D eigenvalue weighted by Gasteiger charge is 2.45. The summed E-state index contributed by atoms with van der Waals surface area (Å²) in [4.78, 5) is 24.8. The molecule has 1 heterocycles. The van der Waals surface area contributed by atoms with Crippen molar-refractivity contribution >= 4 is 22.6 Å². The average Bonchev–Trinajstić information content (AvgIpc) is 2.91. The molecule has 1 unspecified atom stereocenters. The maximum atomic E-state index is 12.5. The standard InChI is InChI=1S/C21H24N2O2/c1-5-19(24)23-20(25)13-18(21(2,3)4)22(23)14-16-11-8-10-15-9-6-7-12-17(15)16/h5-12,18H,1,13-14H2,2-4H3. The zero-order chi connectivity index (χ0) is 18.2. The average molecular weight is 336 g/mol. The third-order valence-corrected chi connectivity index (χ3v) is 4.82. The lowest BCUT2D eigenvalue weighted by Crippen LogP contribution is -2.48. The number of hydrogen-bond donors (Lipinski definition) is 0. The van der Waals surface area contributed by atoms with Crippen LogP contribution in [-0.4, -0.2) is 27.9 Å². The normalized spacial score (nSPS) is 18.8. The first kappa shape index (κ1) is 17.4. The van der Waals surface area contributed by atoms with Crippen molar-refractivity contribution in [3.8, 4) is 0 Å². The van der Waals surface area contributed by atoms with Gasteiger partial charge >= 0.3 is 0 Å². The molecule has 0 N–H and O–H groups in total. The second-order valence-electron chi connectivity index (χ2n) is 7.57. The largest absolute Gasteiger partial charge is 0.273 e. The Kier molecular flexibility index (Phi) is 4.48. The summed E-state index contributed by atoms with van der Waals surface area (Å²) >= 11 is 0. The molecule has 1 saturated heterocycles. The van der Waals surface area contributed by atoms with Crippen molar-refractivity contribution in [1.29, 1.82) is 0 Å². The molecule has 25 heavy (non-hydrogen) atoms. The van der Waals surface area contributed by atoms with Gasteiger partial charge in [0, 0.05) is 19.0 Å². The molecule has 2 amide bonds. The van der Waals surface area contributed by atoms with Gasteiger partial charge in [-0.2, -0.15) is 0 Å². The molecule has 2 aromatic carbocycles. The van der Waals surface area contributed by atoms with E-state index < -0.39 is 0 Å². The molecule has 1 fully saturated rings. The maximum absolute atomic E-state index is 12.5. The van der Waals surface area contributed by atoms with Crippen molar-refractivity contribution in [2.45, 2.75) is 39.8 Å². The van der Waals surface area contributed by atoms with E-state index in [-0.39, 0.29) is 23.3 Å². The second-order valence-corrected chi connectivity index (χ2v) is 7.57. The van der Waals surface area contributed by atoms with E-state index in [9.17, 15) is 9.59 Å². The van der Waals surface area contributed by atoms with Crippen LogP contribution in [0.4, 0.5) is 0 Å². The van der Waals surface area contributed by atoms with E-state index in [0.29, 0.717) is 13.0 Å².